The van der Waals surface area contributed by atoms with Crippen molar-refractivity contribution in [1.29, 1.82) is 0 Å². The van der Waals surface area contributed by atoms with E-state index in [-0.39, 0.29) is 24.8 Å². The molecule has 4 rings (SSSR count). The van der Waals surface area contributed by atoms with Crippen LogP contribution in [0.1, 0.15) is 26.3 Å². The number of hydrogen-bond acceptors (Lipinski definition) is 6. The lowest BCUT2D eigenvalue weighted by atomic mass is 10.0. The number of ether oxygens (including phenoxy) is 3. The molecule has 0 fully saturated rings. The molecule has 0 aliphatic rings. The van der Waals surface area contributed by atoms with Gasteiger partial charge in [-0.2, -0.15) is 0 Å². The minimum Gasteiger partial charge on any atom is -0.497 e. The van der Waals surface area contributed by atoms with Gasteiger partial charge in [0, 0.05) is 16.7 Å². The molecule has 0 heterocycles. The third-order valence-corrected chi connectivity index (χ3v) is 5.24. The topological polar surface area (TPSA) is 78.9 Å². The molecule has 0 N–H and O–H groups in total. The molecule has 4 aromatic rings. The molecule has 6 nitrogen and oxygen atoms in total. The molecule has 0 aromatic heterocycles. The molecule has 34 heavy (non-hydrogen) atoms. The molecule has 0 saturated heterocycles. The average molecular weight is 454 g/mol. The minimum atomic E-state index is -0.664. The van der Waals surface area contributed by atoms with E-state index < -0.39 is 5.97 Å². The van der Waals surface area contributed by atoms with Crippen LogP contribution in [0.15, 0.2) is 91.0 Å². The van der Waals surface area contributed by atoms with Crippen LogP contribution in [-0.2, 0) is 9.53 Å². The highest BCUT2D eigenvalue weighted by molar-refractivity contribution is 6.09. The summed E-state index contributed by atoms with van der Waals surface area (Å²) >= 11 is 0. The molecule has 0 amide bonds. The van der Waals surface area contributed by atoms with Crippen molar-refractivity contribution in [1.82, 2.24) is 0 Å². The fourth-order valence-corrected chi connectivity index (χ4v) is 3.40. The zero-order valence-corrected chi connectivity index (χ0v) is 18.5. The highest BCUT2D eigenvalue weighted by Crippen LogP contribution is 2.22. The normalized spacial score (nSPS) is 10.5. The Morgan fingerprint density at radius 3 is 2.00 bits per heavy atom. The first-order valence-electron chi connectivity index (χ1n) is 10.6. The van der Waals surface area contributed by atoms with Crippen molar-refractivity contribution >= 4 is 28.3 Å². The Labute approximate surface area is 196 Å². The van der Waals surface area contributed by atoms with E-state index in [2.05, 4.69) is 0 Å². The first-order chi connectivity index (χ1) is 16.5. The zero-order chi connectivity index (χ0) is 23.9. The number of carbonyl (C=O) groups excluding carboxylic acids is 3. The number of Topliss-reactive ketones (excluding diaryl/α,β-unsaturated/α-hetero) is 1. The van der Waals surface area contributed by atoms with Gasteiger partial charge in [-0.05, 0) is 53.2 Å². The summed E-state index contributed by atoms with van der Waals surface area (Å²) in [6, 6.07) is 26.3. The first-order valence-corrected chi connectivity index (χ1v) is 10.6. The van der Waals surface area contributed by atoms with Crippen molar-refractivity contribution in [3.05, 3.63) is 108 Å². The molecule has 6 heteroatoms. The Morgan fingerprint density at radius 2 is 1.26 bits per heavy atom. The van der Waals surface area contributed by atoms with Crippen LogP contribution in [-0.4, -0.2) is 37.9 Å². The summed E-state index contributed by atoms with van der Waals surface area (Å²) in [4.78, 5) is 36.9. The molecule has 0 aliphatic heterocycles. The lowest BCUT2D eigenvalue weighted by Crippen LogP contribution is -2.19. The Bertz CT molecular complexity index is 1330. The van der Waals surface area contributed by atoms with Crippen LogP contribution in [0, 0.1) is 0 Å². The van der Waals surface area contributed by atoms with Gasteiger partial charge in [0.05, 0.1) is 7.11 Å². The molecular formula is C28H22O6. The lowest BCUT2D eigenvalue weighted by molar-refractivity contribution is -0.144. The van der Waals surface area contributed by atoms with E-state index in [4.69, 9.17) is 14.2 Å². The van der Waals surface area contributed by atoms with Gasteiger partial charge < -0.3 is 14.2 Å². The van der Waals surface area contributed by atoms with E-state index in [1.807, 2.05) is 30.3 Å². The van der Waals surface area contributed by atoms with Crippen LogP contribution in [0.25, 0.3) is 10.8 Å². The molecular weight excluding hydrogens is 432 g/mol. The Morgan fingerprint density at radius 1 is 0.647 bits per heavy atom. The van der Waals surface area contributed by atoms with Crippen molar-refractivity contribution < 1.29 is 28.6 Å². The van der Waals surface area contributed by atoms with Gasteiger partial charge in [0.2, 0.25) is 0 Å². The van der Waals surface area contributed by atoms with Crippen molar-refractivity contribution in [3.63, 3.8) is 0 Å². The van der Waals surface area contributed by atoms with Gasteiger partial charge in [0.25, 0.3) is 0 Å². The van der Waals surface area contributed by atoms with E-state index in [0.717, 1.165) is 16.5 Å². The average Bonchev–Trinajstić information content (AvgIpc) is 2.90. The maximum atomic E-state index is 12.4. The highest BCUT2D eigenvalue weighted by Gasteiger charge is 2.12. The SMILES string of the molecule is COc1ccc2cc(C(=O)COC(=O)COc3ccc(C(=O)c4ccccc4)cc3)ccc2c1. The quantitative estimate of drug-likeness (QED) is 0.265. The fraction of sp³-hybridized carbons (Fsp3) is 0.107. The molecule has 0 aliphatic carbocycles. The monoisotopic (exact) mass is 454 g/mol. The number of carbonyl (C=O) groups is 3. The summed E-state index contributed by atoms with van der Waals surface area (Å²) in [5.74, 6) is 0.0758. The van der Waals surface area contributed by atoms with Crippen LogP contribution < -0.4 is 9.47 Å². The van der Waals surface area contributed by atoms with Gasteiger partial charge in [0.15, 0.2) is 24.8 Å². The lowest BCUT2D eigenvalue weighted by Gasteiger charge is -2.08. The van der Waals surface area contributed by atoms with E-state index in [9.17, 15) is 14.4 Å². The molecule has 0 bridgehead atoms. The second-order valence-corrected chi connectivity index (χ2v) is 7.52. The van der Waals surface area contributed by atoms with Crippen molar-refractivity contribution in [2.45, 2.75) is 0 Å². The van der Waals surface area contributed by atoms with Crippen LogP contribution >= 0.6 is 0 Å². The summed E-state index contributed by atoms with van der Waals surface area (Å²) in [6.07, 6.45) is 0. The Hall–Kier alpha value is -4.45. The van der Waals surface area contributed by atoms with Crippen molar-refractivity contribution in [2.24, 2.45) is 0 Å². The van der Waals surface area contributed by atoms with E-state index in [0.29, 0.717) is 22.4 Å². The minimum absolute atomic E-state index is 0.0992. The summed E-state index contributed by atoms with van der Waals surface area (Å²) in [6.45, 7) is -0.731. The summed E-state index contributed by atoms with van der Waals surface area (Å²) < 4.78 is 15.7. The highest BCUT2D eigenvalue weighted by atomic mass is 16.6. The summed E-state index contributed by atoms with van der Waals surface area (Å²) in [5, 5.41) is 1.83. The first kappa shape index (κ1) is 22.7. The van der Waals surface area contributed by atoms with Gasteiger partial charge >= 0.3 is 5.97 Å². The second-order valence-electron chi connectivity index (χ2n) is 7.52. The van der Waals surface area contributed by atoms with Crippen molar-refractivity contribution in [2.75, 3.05) is 20.3 Å². The number of ketones is 2. The fourth-order valence-electron chi connectivity index (χ4n) is 3.40. The number of fused-ring (bicyclic) bond motifs is 1. The molecule has 0 saturated carbocycles. The van der Waals surface area contributed by atoms with Crippen LogP contribution in [0.4, 0.5) is 0 Å². The number of rotatable bonds is 9. The van der Waals surface area contributed by atoms with E-state index in [1.54, 1.807) is 67.8 Å². The van der Waals surface area contributed by atoms with Crippen LogP contribution in [0.5, 0.6) is 11.5 Å². The molecule has 170 valence electrons. The molecule has 0 atom stereocenters. The Kier molecular flexibility index (Phi) is 6.98. The standard InChI is InChI=1S/C28H22O6/c1-32-25-14-11-21-15-23(8-7-22(21)16-25)26(29)17-34-27(30)18-33-24-12-9-20(10-13-24)28(31)19-5-3-2-4-6-19/h2-16H,17-18H2,1H3. The number of methoxy groups -OCH3 is 1. The predicted molar refractivity (Wildman–Crippen MR) is 128 cm³/mol. The zero-order valence-electron chi connectivity index (χ0n) is 18.5. The molecule has 0 radical (unpaired) electrons. The van der Waals surface area contributed by atoms with Gasteiger partial charge in [-0.25, -0.2) is 4.79 Å². The number of benzene rings is 4. The third kappa shape index (κ3) is 5.48. The van der Waals surface area contributed by atoms with Gasteiger partial charge in [0.1, 0.15) is 11.5 Å². The Balaban J connectivity index is 1.27. The smallest absolute Gasteiger partial charge is 0.344 e. The predicted octanol–water partition coefficient (Wildman–Crippen LogP) is 4.88. The molecule has 4 aromatic carbocycles. The van der Waals surface area contributed by atoms with Crippen molar-refractivity contribution in [3.8, 4) is 11.5 Å². The second kappa shape index (κ2) is 10.4. The van der Waals surface area contributed by atoms with Gasteiger partial charge in [-0.3, -0.25) is 9.59 Å². The van der Waals surface area contributed by atoms with Crippen LogP contribution in [0.2, 0.25) is 0 Å². The maximum absolute atomic E-state index is 12.4. The molecule has 0 spiro atoms. The number of esters is 1. The summed E-state index contributed by atoms with van der Waals surface area (Å²) in [5.41, 5.74) is 1.56. The van der Waals surface area contributed by atoms with E-state index in [1.165, 1.54) is 0 Å². The van der Waals surface area contributed by atoms with Gasteiger partial charge in [-0.15, -0.1) is 0 Å². The third-order valence-electron chi connectivity index (χ3n) is 5.24. The largest absolute Gasteiger partial charge is 0.497 e. The molecule has 0 unspecified atom stereocenters. The van der Waals surface area contributed by atoms with Crippen LogP contribution in [0.3, 0.4) is 0 Å². The maximum Gasteiger partial charge on any atom is 0.344 e. The van der Waals surface area contributed by atoms with Gasteiger partial charge in [-0.1, -0.05) is 48.5 Å². The summed E-state index contributed by atoms with van der Waals surface area (Å²) in [7, 11) is 1.60. The number of hydrogen-bond donors (Lipinski definition) is 0. The van der Waals surface area contributed by atoms with E-state index >= 15 is 0 Å².